The fourth-order valence-electron chi connectivity index (χ4n) is 2.56. The number of carbonyl (C=O) groups is 1. The first-order valence-electron chi connectivity index (χ1n) is 8.54. The lowest BCUT2D eigenvalue weighted by molar-refractivity contribution is 0.0954. The highest BCUT2D eigenvalue weighted by Crippen LogP contribution is 2.28. The van der Waals surface area contributed by atoms with Crippen LogP contribution in [0, 0.1) is 0 Å². The SMILES string of the molecule is COc1ccc(Nc2ccc(C(=O)NCCc3ccccc3)cn2)cc1Cl. The van der Waals surface area contributed by atoms with E-state index in [1.807, 2.05) is 36.4 Å². The van der Waals surface area contributed by atoms with Crippen LogP contribution in [0.1, 0.15) is 15.9 Å². The van der Waals surface area contributed by atoms with Crippen molar-refractivity contribution in [3.8, 4) is 5.75 Å². The Morgan fingerprint density at radius 3 is 2.59 bits per heavy atom. The minimum atomic E-state index is -0.141. The van der Waals surface area contributed by atoms with Gasteiger partial charge in [-0.25, -0.2) is 4.98 Å². The molecule has 0 radical (unpaired) electrons. The molecule has 2 N–H and O–H groups in total. The van der Waals surface area contributed by atoms with Crippen LogP contribution in [0.3, 0.4) is 0 Å². The number of methoxy groups -OCH3 is 1. The van der Waals surface area contributed by atoms with E-state index in [9.17, 15) is 4.79 Å². The van der Waals surface area contributed by atoms with Gasteiger partial charge in [0.05, 0.1) is 17.7 Å². The smallest absolute Gasteiger partial charge is 0.252 e. The second kappa shape index (κ2) is 9.05. The minimum Gasteiger partial charge on any atom is -0.495 e. The van der Waals surface area contributed by atoms with E-state index in [-0.39, 0.29) is 5.91 Å². The summed E-state index contributed by atoms with van der Waals surface area (Å²) in [7, 11) is 1.57. The van der Waals surface area contributed by atoms with Crippen molar-refractivity contribution in [3.05, 3.63) is 83.0 Å². The summed E-state index contributed by atoms with van der Waals surface area (Å²) in [5, 5.41) is 6.56. The molecule has 2 aromatic carbocycles. The van der Waals surface area contributed by atoms with Crippen LogP contribution >= 0.6 is 11.6 Å². The summed E-state index contributed by atoms with van der Waals surface area (Å²) in [6, 6.07) is 18.9. The Hall–Kier alpha value is -3.05. The van der Waals surface area contributed by atoms with Crippen LogP contribution in [-0.2, 0) is 6.42 Å². The van der Waals surface area contributed by atoms with Crippen LogP contribution in [0.5, 0.6) is 5.75 Å². The molecule has 0 fully saturated rings. The standard InChI is InChI=1S/C21H20ClN3O2/c1-27-19-9-8-17(13-18(19)22)25-20-10-7-16(14-24-20)21(26)23-12-11-15-5-3-2-4-6-15/h2-10,13-14H,11-12H2,1H3,(H,23,26)(H,24,25). The summed E-state index contributed by atoms with van der Waals surface area (Å²) in [4.78, 5) is 16.5. The Bertz CT molecular complexity index is 899. The Kier molecular flexibility index (Phi) is 6.28. The van der Waals surface area contributed by atoms with Gasteiger partial charge in [-0.15, -0.1) is 0 Å². The van der Waals surface area contributed by atoms with Crippen LogP contribution in [0.2, 0.25) is 5.02 Å². The number of rotatable bonds is 7. The molecule has 0 atom stereocenters. The molecule has 6 heteroatoms. The van der Waals surface area contributed by atoms with Gasteiger partial charge in [0.15, 0.2) is 0 Å². The molecule has 5 nitrogen and oxygen atoms in total. The summed E-state index contributed by atoms with van der Waals surface area (Å²) >= 11 is 6.12. The van der Waals surface area contributed by atoms with E-state index in [2.05, 4.69) is 15.6 Å². The molecule has 3 aromatic rings. The Morgan fingerprint density at radius 1 is 1.11 bits per heavy atom. The van der Waals surface area contributed by atoms with Crippen molar-refractivity contribution in [1.82, 2.24) is 10.3 Å². The number of hydrogen-bond acceptors (Lipinski definition) is 4. The molecule has 0 bridgehead atoms. The number of amides is 1. The fourth-order valence-corrected chi connectivity index (χ4v) is 2.82. The first-order valence-corrected chi connectivity index (χ1v) is 8.92. The number of pyridine rings is 1. The van der Waals surface area contributed by atoms with Gasteiger partial charge in [-0.1, -0.05) is 41.9 Å². The second-order valence-corrected chi connectivity index (χ2v) is 6.31. The van der Waals surface area contributed by atoms with Crippen LogP contribution in [-0.4, -0.2) is 24.5 Å². The maximum atomic E-state index is 12.2. The third-order valence-corrected chi connectivity index (χ3v) is 4.29. The van der Waals surface area contributed by atoms with Crippen molar-refractivity contribution >= 4 is 29.0 Å². The highest BCUT2D eigenvalue weighted by atomic mass is 35.5. The first-order chi connectivity index (χ1) is 13.2. The van der Waals surface area contributed by atoms with Gasteiger partial charge in [-0.05, 0) is 42.3 Å². The zero-order chi connectivity index (χ0) is 19.1. The lowest BCUT2D eigenvalue weighted by atomic mass is 10.1. The Balaban J connectivity index is 1.54. The van der Waals surface area contributed by atoms with Gasteiger partial charge in [0.2, 0.25) is 0 Å². The number of halogens is 1. The summed E-state index contributed by atoms with van der Waals surface area (Å²) in [6.07, 6.45) is 2.34. The van der Waals surface area contributed by atoms with E-state index in [4.69, 9.17) is 16.3 Å². The van der Waals surface area contributed by atoms with Crippen LogP contribution in [0.15, 0.2) is 66.9 Å². The second-order valence-electron chi connectivity index (χ2n) is 5.90. The molecule has 1 heterocycles. The quantitative estimate of drug-likeness (QED) is 0.634. The van der Waals surface area contributed by atoms with Gasteiger partial charge < -0.3 is 15.4 Å². The summed E-state index contributed by atoms with van der Waals surface area (Å²) < 4.78 is 5.13. The molecule has 0 saturated carbocycles. The monoisotopic (exact) mass is 381 g/mol. The predicted octanol–water partition coefficient (Wildman–Crippen LogP) is 4.46. The van der Waals surface area contributed by atoms with Gasteiger partial charge in [-0.2, -0.15) is 0 Å². The molecule has 27 heavy (non-hydrogen) atoms. The van der Waals surface area contributed by atoms with Crippen LogP contribution in [0.25, 0.3) is 0 Å². The third kappa shape index (κ3) is 5.21. The minimum absolute atomic E-state index is 0.141. The first kappa shape index (κ1) is 18.7. The molecule has 1 amide bonds. The number of nitrogens with one attached hydrogen (secondary N) is 2. The van der Waals surface area contributed by atoms with Gasteiger partial charge in [0.25, 0.3) is 5.91 Å². The van der Waals surface area contributed by atoms with Crippen molar-refractivity contribution < 1.29 is 9.53 Å². The molecule has 0 aliphatic rings. The molecule has 1 aromatic heterocycles. The molecule has 0 aliphatic carbocycles. The van der Waals surface area contributed by atoms with Gasteiger partial charge in [0.1, 0.15) is 11.6 Å². The molecule has 138 valence electrons. The Morgan fingerprint density at radius 2 is 1.93 bits per heavy atom. The topological polar surface area (TPSA) is 63.2 Å². The van der Waals surface area contributed by atoms with E-state index in [1.165, 1.54) is 5.56 Å². The van der Waals surface area contributed by atoms with Crippen molar-refractivity contribution in [1.29, 1.82) is 0 Å². The highest BCUT2D eigenvalue weighted by molar-refractivity contribution is 6.32. The van der Waals surface area contributed by atoms with Crippen LogP contribution in [0.4, 0.5) is 11.5 Å². The maximum Gasteiger partial charge on any atom is 0.252 e. The molecule has 0 unspecified atom stereocenters. The van der Waals surface area contributed by atoms with E-state index >= 15 is 0 Å². The summed E-state index contributed by atoms with van der Waals surface area (Å²) in [5.41, 5.74) is 2.49. The van der Waals surface area contributed by atoms with E-state index < -0.39 is 0 Å². The summed E-state index contributed by atoms with van der Waals surface area (Å²) in [5.74, 6) is 1.09. The van der Waals surface area contributed by atoms with Gasteiger partial charge in [0, 0.05) is 18.4 Å². The normalized spacial score (nSPS) is 10.3. The van der Waals surface area contributed by atoms with Crippen LogP contribution < -0.4 is 15.4 Å². The summed E-state index contributed by atoms with van der Waals surface area (Å²) in [6.45, 7) is 0.577. The lowest BCUT2D eigenvalue weighted by Crippen LogP contribution is -2.25. The molecule has 0 saturated heterocycles. The van der Waals surface area contributed by atoms with E-state index in [0.29, 0.717) is 28.7 Å². The molecule has 3 rings (SSSR count). The largest absolute Gasteiger partial charge is 0.495 e. The van der Waals surface area contributed by atoms with Gasteiger partial charge in [-0.3, -0.25) is 4.79 Å². The van der Waals surface area contributed by atoms with E-state index in [0.717, 1.165) is 12.1 Å². The number of nitrogens with zero attached hydrogens (tertiary/aromatic N) is 1. The van der Waals surface area contributed by atoms with Crippen molar-refractivity contribution in [2.24, 2.45) is 0 Å². The number of ether oxygens (including phenoxy) is 1. The van der Waals surface area contributed by atoms with Gasteiger partial charge >= 0.3 is 0 Å². The number of anilines is 2. The number of aromatic nitrogens is 1. The maximum absolute atomic E-state index is 12.2. The average Bonchev–Trinajstić information content (AvgIpc) is 2.69. The molecule has 0 spiro atoms. The van der Waals surface area contributed by atoms with Crippen molar-refractivity contribution in [2.75, 3.05) is 19.0 Å². The van der Waals surface area contributed by atoms with Crippen molar-refractivity contribution in [3.63, 3.8) is 0 Å². The average molecular weight is 382 g/mol. The Labute approximate surface area is 163 Å². The zero-order valence-corrected chi connectivity index (χ0v) is 15.7. The number of hydrogen-bond donors (Lipinski definition) is 2. The zero-order valence-electron chi connectivity index (χ0n) is 14.9. The fraction of sp³-hybridized carbons (Fsp3) is 0.143. The third-order valence-electron chi connectivity index (χ3n) is 3.99. The number of carbonyl (C=O) groups excluding carboxylic acids is 1. The highest BCUT2D eigenvalue weighted by Gasteiger charge is 2.07. The number of benzene rings is 2. The van der Waals surface area contributed by atoms with Crippen molar-refractivity contribution in [2.45, 2.75) is 6.42 Å². The lowest BCUT2D eigenvalue weighted by Gasteiger charge is -2.09. The molecule has 0 aliphatic heterocycles. The predicted molar refractivity (Wildman–Crippen MR) is 108 cm³/mol. The molecular formula is C21H20ClN3O2. The molecular weight excluding hydrogens is 362 g/mol. The van der Waals surface area contributed by atoms with E-state index in [1.54, 1.807) is 37.6 Å².